The van der Waals surface area contributed by atoms with Gasteiger partial charge in [0.25, 0.3) is 0 Å². The van der Waals surface area contributed by atoms with E-state index in [0.717, 1.165) is 38.9 Å². The van der Waals surface area contributed by atoms with Crippen LogP contribution in [-0.4, -0.2) is 35.6 Å². The summed E-state index contributed by atoms with van der Waals surface area (Å²) in [6.07, 6.45) is 3.94. The zero-order valence-electron chi connectivity index (χ0n) is 8.98. The molecule has 1 N–H and O–H groups in total. The average Bonchev–Trinajstić information content (AvgIpc) is 2.59. The van der Waals surface area contributed by atoms with Gasteiger partial charge in [0.1, 0.15) is 0 Å². The summed E-state index contributed by atoms with van der Waals surface area (Å²) in [6, 6.07) is 2.13. The third kappa shape index (κ3) is 4.80. The van der Waals surface area contributed by atoms with Gasteiger partial charge in [0, 0.05) is 19.4 Å². The highest BCUT2D eigenvalue weighted by atomic mass is 16.4. The Morgan fingerprint density at radius 1 is 1.53 bits per heavy atom. The fourth-order valence-electron chi connectivity index (χ4n) is 2.07. The van der Waals surface area contributed by atoms with Crippen LogP contribution in [0.2, 0.25) is 0 Å². The van der Waals surface area contributed by atoms with E-state index in [1.54, 1.807) is 0 Å². The van der Waals surface area contributed by atoms with E-state index >= 15 is 0 Å². The maximum atomic E-state index is 10.5. The first kappa shape index (κ1) is 12.0. The van der Waals surface area contributed by atoms with E-state index in [4.69, 9.17) is 10.4 Å². The summed E-state index contributed by atoms with van der Waals surface area (Å²) < 4.78 is 0. The van der Waals surface area contributed by atoms with Crippen LogP contribution in [0.5, 0.6) is 0 Å². The van der Waals surface area contributed by atoms with E-state index < -0.39 is 5.97 Å². The molecule has 4 nitrogen and oxygen atoms in total. The molecule has 0 saturated carbocycles. The van der Waals surface area contributed by atoms with Gasteiger partial charge in [0.05, 0.1) is 6.07 Å². The van der Waals surface area contributed by atoms with Crippen molar-refractivity contribution in [2.24, 2.45) is 5.92 Å². The summed E-state index contributed by atoms with van der Waals surface area (Å²) in [4.78, 5) is 12.8. The summed E-state index contributed by atoms with van der Waals surface area (Å²) in [7, 11) is 0. The van der Waals surface area contributed by atoms with Crippen molar-refractivity contribution in [3.05, 3.63) is 0 Å². The maximum absolute atomic E-state index is 10.5. The lowest BCUT2D eigenvalue weighted by Crippen LogP contribution is -2.22. The quantitative estimate of drug-likeness (QED) is 0.674. The number of rotatable bonds is 6. The van der Waals surface area contributed by atoms with E-state index in [0.29, 0.717) is 18.8 Å². The molecule has 1 atom stereocenters. The third-order valence-electron chi connectivity index (χ3n) is 2.85. The normalized spacial score (nSPS) is 21.4. The molecule has 1 saturated heterocycles. The van der Waals surface area contributed by atoms with E-state index in [9.17, 15) is 4.79 Å². The largest absolute Gasteiger partial charge is 0.481 e. The van der Waals surface area contributed by atoms with Crippen LogP contribution in [0.4, 0.5) is 0 Å². The second-order valence-electron chi connectivity index (χ2n) is 4.17. The molecule has 0 amide bonds. The molecule has 1 unspecified atom stereocenters. The minimum Gasteiger partial charge on any atom is -0.481 e. The Balaban J connectivity index is 2.09. The van der Waals surface area contributed by atoms with Crippen molar-refractivity contribution in [1.29, 1.82) is 5.26 Å². The molecule has 1 aliphatic heterocycles. The highest BCUT2D eigenvalue weighted by molar-refractivity contribution is 5.67. The number of carbonyl (C=O) groups is 1. The molecular weight excluding hydrogens is 192 g/mol. The Morgan fingerprint density at radius 3 is 3.00 bits per heavy atom. The second kappa shape index (κ2) is 6.41. The molecule has 1 aliphatic rings. The van der Waals surface area contributed by atoms with Gasteiger partial charge in [-0.25, -0.2) is 0 Å². The molecule has 15 heavy (non-hydrogen) atoms. The zero-order valence-corrected chi connectivity index (χ0v) is 8.98. The fraction of sp³-hybridized carbons (Fsp3) is 0.818. The average molecular weight is 210 g/mol. The molecular formula is C11H18N2O2. The molecule has 0 aromatic heterocycles. The van der Waals surface area contributed by atoms with Crippen LogP contribution in [0.3, 0.4) is 0 Å². The lowest BCUT2D eigenvalue weighted by molar-refractivity contribution is -0.138. The van der Waals surface area contributed by atoms with Crippen LogP contribution in [0.15, 0.2) is 0 Å². The van der Waals surface area contributed by atoms with Gasteiger partial charge in [-0.05, 0) is 38.3 Å². The summed E-state index contributed by atoms with van der Waals surface area (Å²) in [5.41, 5.74) is 0. The Kier molecular flexibility index (Phi) is 5.13. The van der Waals surface area contributed by atoms with Crippen LogP contribution < -0.4 is 0 Å². The molecule has 1 fully saturated rings. The maximum Gasteiger partial charge on any atom is 0.303 e. The predicted octanol–water partition coefficient (Wildman–Crippen LogP) is 1.48. The molecule has 0 bridgehead atoms. The molecule has 1 heterocycles. The predicted molar refractivity (Wildman–Crippen MR) is 56.3 cm³/mol. The van der Waals surface area contributed by atoms with E-state index in [1.807, 2.05) is 0 Å². The first-order valence-corrected chi connectivity index (χ1v) is 5.53. The van der Waals surface area contributed by atoms with Crippen molar-refractivity contribution in [3.63, 3.8) is 0 Å². The number of hydrogen-bond acceptors (Lipinski definition) is 3. The Bertz CT molecular complexity index is 247. The molecule has 0 aromatic carbocycles. The smallest absolute Gasteiger partial charge is 0.303 e. The van der Waals surface area contributed by atoms with Gasteiger partial charge in [-0.3, -0.25) is 4.79 Å². The summed E-state index contributed by atoms with van der Waals surface area (Å²) in [6.45, 7) is 2.95. The van der Waals surface area contributed by atoms with Crippen LogP contribution >= 0.6 is 0 Å². The molecule has 0 aliphatic carbocycles. The topological polar surface area (TPSA) is 64.3 Å². The van der Waals surface area contributed by atoms with E-state index in [1.165, 1.54) is 0 Å². The van der Waals surface area contributed by atoms with Crippen LogP contribution in [0, 0.1) is 17.2 Å². The van der Waals surface area contributed by atoms with E-state index in [-0.39, 0.29) is 0 Å². The van der Waals surface area contributed by atoms with Crippen molar-refractivity contribution in [1.82, 2.24) is 4.90 Å². The minimum absolute atomic E-state index is 0.300. The first-order chi connectivity index (χ1) is 7.22. The Labute approximate surface area is 90.5 Å². The monoisotopic (exact) mass is 210 g/mol. The van der Waals surface area contributed by atoms with Gasteiger partial charge in [-0.1, -0.05) is 0 Å². The number of carboxylic acid groups (broad SMARTS) is 1. The van der Waals surface area contributed by atoms with Gasteiger partial charge in [-0.2, -0.15) is 5.26 Å². The molecule has 0 radical (unpaired) electrons. The van der Waals surface area contributed by atoms with Crippen molar-refractivity contribution >= 4 is 5.97 Å². The Hall–Kier alpha value is -1.08. The van der Waals surface area contributed by atoms with E-state index in [2.05, 4.69) is 11.0 Å². The standard InChI is InChI=1S/C11H18N2O2/c12-5-2-1-3-6-13-7-4-10(9-13)8-11(14)15/h10H,1-4,6-9H2,(H,14,15). The zero-order chi connectivity index (χ0) is 11.1. The second-order valence-corrected chi connectivity index (χ2v) is 4.17. The van der Waals surface area contributed by atoms with Gasteiger partial charge < -0.3 is 10.0 Å². The molecule has 0 aromatic rings. The summed E-state index contributed by atoms with van der Waals surface area (Å²) in [5.74, 6) is -0.357. The lowest BCUT2D eigenvalue weighted by Gasteiger charge is -2.14. The molecule has 0 spiro atoms. The number of hydrogen-bond donors (Lipinski definition) is 1. The first-order valence-electron chi connectivity index (χ1n) is 5.53. The van der Waals surface area contributed by atoms with Crippen molar-refractivity contribution in [2.75, 3.05) is 19.6 Å². The molecule has 4 heteroatoms. The summed E-state index contributed by atoms with van der Waals surface area (Å²) >= 11 is 0. The number of unbranched alkanes of at least 4 members (excludes halogenated alkanes) is 2. The van der Waals surface area contributed by atoms with Crippen LogP contribution in [0.25, 0.3) is 0 Å². The fourth-order valence-corrected chi connectivity index (χ4v) is 2.07. The summed E-state index contributed by atoms with van der Waals surface area (Å²) in [5, 5.41) is 17.0. The van der Waals surface area contributed by atoms with Crippen molar-refractivity contribution < 1.29 is 9.90 Å². The number of aliphatic carboxylic acids is 1. The number of carboxylic acids is 1. The van der Waals surface area contributed by atoms with Crippen molar-refractivity contribution in [2.45, 2.75) is 32.1 Å². The Morgan fingerprint density at radius 2 is 2.33 bits per heavy atom. The SMILES string of the molecule is N#CCCCCN1CCC(CC(=O)O)C1. The van der Waals surface area contributed by atoms with Crippen molar-refractivity contribution in [3.8, 4) is 6.07 Å². The lowest BCUT2D eigenvalue weighted by atomic mass is 10.1. The number of likely N-dealkylation sites (tertiary alicyclic amines) is 1. The third-order valence-corrected chi connectivity index (χ3v) is 2.85. The molecule has 84 valence electrons. The van der Waals surface area contributed by atoms with Gasteiger partial charge in [0.15, 0.2) is 0 Å². The molecule has 1 rings (SSSR count). The van der Waals surface area contributed by atoms with Crippen LogP contribution in [0.1, 0.15) is 32.1 Å². The number of nitrogens with zero attached hydrogens (tertiary/aromatic N) is 2. The number of nitriles is 1. The van der Waals surface area contributed by atoms with Gasteiger partial charge in [0.2, 0.25) is 0 Å². The minimum atomic E-state index is -0.689. The van der Waals surface area contributed by atoms with Gasteiger partial charge in [-0.15, -0.1) is 0 Å². The van der Waals surface area contributed by atoms with Crippen LogP contribution in [-0.2, 0) is 4.79 Å². The highest BCUT2D eigenvalue weighted by Crippen LogP contribution is 2.19. The van der Waals surface area contributed by atoms with Gasteiger partial charge >= 0.3 is 5.97 Å². The highest BCUT2D eigenvalue weighted by Gasteiger charge is 2.23.